The highest BCUT2D eigenvalue weighted by atomic mass is 32.2. The van der Waals surface area contributed by atoms with E-state index >= 15 is 0 Å². The molecule has 1 aliphatic carbocycles. The number of nitrogens with zero attached hydrogens (tertiary/aromatic N) is 2. The van der Waals surface area contributed by atoms with Crippen molar-refractivity contribution in [3.05, 3.63) is 11.4 Å². The largest absolute Gasteiger partial charge is 0.370 e. The molecule has 3 nitrogen and oxygen atoms in total. The minimum atomic E-state index is 0.368. The van der Waals surface area contributed by atoms with E-state index in [1.807, 2.05) is 11.8 Å². The molecule has 4 heteroatoms. The first-order valence-electron chi connectivity index (χ1n) is 8.30. The Balaban J connectivity index is 2.23. The van der Waals surface area contributed by atoms with Crippen molar-refractivity contribution in [3.63, 3.8) is 0 Å². The van der Waals surface area contributed by atoms with Gasteiger partial charge in [-0.05, 0) is 32.6 Å². The fourth-order valence-corrected chi connectivity index (χ4v) is 4.31. The molecular weight excluding hydrogens is 278 g/mol. The Morgan fingerprint density at radius 1 is 1.29 bits per heavy atom. The fraction of sp³-hybridized carbons (Fsp3) is 0.765. The molecule has 1 aromatic rings. The van der Waals surface area contributed by atoms with E-state index in [9.17, 15) is 0 Å². The molecule has 0 radical (unpaired) electrons. The van der Waals surface area contributed by atoms with Gasteiger partial charge in [-0.15, -0.1) is 11.8 Å². The molecule has 0 amide bonds. The molecule has 21 heavy (non-hydrogen) atoms. The molecule has 2 rings (SSSR count). The Hall–Kier alpha value is -0.770. The van der Waals surface area contributed by atoms with E-state index in [1.165, 1.54) is 36.3 Å². The zero-order chi connectivity index (χ0) is 15.4. The smallest absolute Gasteiger partial charge is 0.134 e. The first-order chi connectivity index (χ1) is 10.0. The third kappa shape index (κ3) is 4.35. The molecule has 1 aromatic heterocycles. The molecule has 0 aliphatic heterocycles. The third-order valence-electron chi connectivity index (χ3n) is 4.15. The quantitative estimate of drug-likeness (QED) is 0.776. The molecule has 2 unspecified atom stereocenters. The number of aromatic nitrogens is 2. The van der Waals surface area contributed by atoms with Crippen molar-refractivity contribution in [2.75, 3.05) is 11.9 Å². The van der Waals surface area contributed by atoms with Crippen molar-refractivity contribution in [1.82, 2.24) is 9.97 Å². The van der Waals surface area contributed by atoms with Gasteiger partial charge >= 0.3 is 0 Å². The Bertz CT molecular complexity index is 473. The van der Waals surface area contributed by atoms with Crippen LogP contribution in [0.2, 0.25) is 0 Å². The van der Waals surface area contributed by atoms with Crippen LogP contribution in [0.4, 0.5) is 5.82 Å². The molecule has 118 valence electrons. The molecule has 0 spiro atoms. The summed E-state index contributed by atoms with van der Waals surface area (Å²) in [4.78, 5) is 9.54. The van der Waals surface area contributed by atoms with E-state index in [-0.39, 0.29) is 0 Å². The maximum atomic E-state index is 4.85. The molecule has 0 bridgehead atoms. The number of hydrogen-bond donors (Lipinski definition) is 1. The summed E-state index contributed by atoms with van der Waals surface area (Å²) >= 11 is 1.98. The van der Waals surface area contributed by atoms with Crippen LogP contribution in [-0.4, -0.2) is 21.8 Å². The van der Waals surface area contributed by atoms with Crippen LogP contribution >= 0.6 is 11.8 Å². The van der Waals surface area contributed by atoms with E-state index in [4.69, 9.17) is 9.97 Å². The summed E-state index contributed by atoms with van der Waals surface area (Å²) in [5.41, 5.74) is 1.21. The third-order valence-corrected chi connectivity index (χ3v) is 5.53. The topological polar surface area (TPSA) is 37.8 Å². The van der Waals surface area contributed by atoms with E-state index in [1.54, 1.807) is 0 Å². The number of anilines is 1. The summed E-state index contributed by atoms with van der Waals surface area (Å²) < 4.78 is 0. The first kappa shape index (κ1) is 16.6. The molecule has 1 N–H and O–H groups in total. The maximum absolute atomic E-state index is 4.85. The van der Waals surface area contributed by atoms with Gasteiger partial charge in [-0.1, -0.05) is 33.6 Å². The van der Waals surface area contributed by atoms with Crippen molar-refractivity contribution in [2.45, 2.75) is 76.5 Å². The molecule has 1 aliphatic rings. The van der Waals surface area contributed by atoms with Gasteiger partial charge in [0, 0.05) is 23.3 Å². The fourth-order valence-electron chi connectivity index (χ4n) is 2.87. The van der Waals surface area contributed by atoms with Gasteiger partial charge in [0.25, 0.3) is 0 Å². The molecule has 0 aromatic carbocycles. The van der Waals surface area contributed by atoms with Gasteiger partial charge < -0.3 is 5.32 Å². The summed E-state index contributed by atoms with van der Waals surface area (Å²) in [5.74, 6) is 3.20. The van der Waals surface area contributed by atoms with Crippen LogP contribution in [-0.2, 0) is 0 Å². The van der Waals surface area contributed by atoms with Gasteiger partial charge in [-0.2, -0.15) is 0 Å². The lowest BCUT2D eigenvalue weighted by atomic mass is 9.91. The molecular formula is C17H29N3S. The second kappa shape index (κ2) is 7.48. The lowest BCUT2D eigenvalue weighted by Crippen LogP contribution is -2.16. The second-order valence-corrected chi connectivity index (χ2v) is 7.85. The van der Waals surface area contributed by atoms with Crippen molar-refractivity contribution < 1.29 is 0 Å². The Kier molecular flexibility index (Phi) is 5.91. The minimum absolute atomic E-state index is 0.368. The summed E-state index contributed by atoms with van der Waals surface area (Å²) in [6.07, 6.45) is 5.40. The van der Waals surface area contributed by atoms with Crippen LogP contribution in [0.5, 0.6) is 0 Å². The van der Waals surface area contributed by atoms with E-state index in [0.29, 0.717) is 5.92 Å². The van der Waals surface area contributed by atoms with Gasteiger partial charge in [0.1, 0.15) is 16.7 Å². The second-order valence-electron chi connectivity index (χ2n) is 6.56. The average molecular weight is 308 g/mol. The normalized spacial score (nSPS) is 22.6. The zero-order valence-electron chi connectivity index (χ0n) is 14.1. The van der Waals surface area contributed by atoms with Crippen molar-refractivity contribution in [1.29, 1.82) is 0 Å². The van der Waals surface area contributed by atoms with Gasteiger partial charge in [0.2, 0.25) is 0 Å². The highest BCUT2D eigenvalue weighted by Gasteiger charge is 2.22. The summed E-state index contributed by atoms with van der Waals surface area (Å²) in [6.45, 7) is 11.9. The van der Waals surface area contributed by atoms with Crippen LogP contribution in [0.15, 0.2) is 5.03 Å². The van der Waals surface area contributed by atoms with E-state index in [2.05, 4.69) is 39.9 Å². The van der Waals surface area contributed by atoms with Crippen molar-refractivity contribution in [2.24, 2.45) is 5.92 Å². The van der Waals surface area contributed by atoms with Crippen LogP contribution < -0.4 is 5.32 Å². The molecule has 1 fully saturated rings. The van der Waals surface area contributed by atoms with E-state index in [0.717, 1.165) is 29.4 Å². The number of hydrogen-bond acceptors (Lipinski definition) is 4. The highest BCUT2D eigenvalue weighted by Crippen LogP contribution is 2.38. The molecule has 1 heterocycles. The standard InChI is InChI=1S/C17H29N3S/c1-6-18-16-13(5)17(20-15(19-16)11(2)3)21-14-9-7-8-12(4)10-14/h11-12,14H,6-10H2,1-5H3,(H,18,19,20). The van der Waals surface area contributed by atoms with E-state index < -0.39 is 0 Å². The predicted octanol–water partition coefficient (Wildman–Crippen LogP) is 5.01. The Morgan fingerprint density at radius 2 is 2.05 bits per heavy atom. The van der Waals surface area contributed by atoms with Crippen LogP contribution in [0.3, 0.4) is 0 Å². The molecule has 1 saturated carbocycles. The number of thioether (sulfide) groups is 1. The summed E-state index contributed by atoms with van der Waals surface area (Å²) in [6, 6.07) is 0. The molecule has 2 atom stereocenters. The lowest BCUT2D eigenvalue weighted by molar-refractivity contribution is 0.394. The van der Waals surface area contributed by atoms with Gasteiger partial charge in [-0.25, -0.2) is 9.97 Å². The monoisotopic (exact) mass is 307 g/mol. The Labute approximate surface area is 133 Å². The van der Waals surface area contributed by atoms with Crippen molar-refractivity contribution >= 4 is 17.6 Å². The molecule has 0 saturated heterocycles. The van der Waals surface area contributed by atoms with Crippen LogP contribution in [0.1, 0.15) is 70.7 Å². The SMILES string of the molecule is CCNc1nc(C(C)C)nc(SC2CCCC(C)C2)c1C. The number of rotatable bonds is 5. The van der Waals surface area contributed by atoms with Crippen molar-refractivity contribution in [3.8, 4) is 0 Å². The average Bonchev–Trinajstić information content (AvgIpc) is 2.43. The minimum Gasteiger partial charge on any atom is -0.370 e. The summed E-state index contributed by atoms with van der Waals surface area (Å²) in [7, 11) is 0. The number of nitrogens with one attached hydrogen (secondary N) is 1. The van der Waals surface area contributed by atoms with Gasteiger partial charge in [-0.3, -0.25) is 0 Å². The van der Waals surface area contributed by atoms with Gasteiger partial charge in [0.15, 0.2) is 0 Å². The van der Waals surface area contributed by atoms with Gasteiger partial charge in [0.05, 0.1) is 0 Å². The lowest BCUT2D eigenvalue weighted by Gasteiger charge is -2.26. The highest BCUT2D eigenvalue weighted by molar-refractivity contribution is 7.99. The van der Waals surface area contributed by atoms with Crippen LogP contribution in [0, 0.1) is 12.8 Å². The predicted molar refractivity (Wildman–Crippen MR) is 92.3 cm³/mol. The summed E-state index contributed by atoms with van der Waals surface area (Å²) in [5, 5.41) is 5.30. The Morgan fingerprint density at radius 3 is 2.67 bits per heavy atom. The zero-order valence-corrected chi connectivity index (χ0v) is 14.9. The first-order valence-corrected chi connectivity index (χ1v) is 9.18. The van der Waals surface area contributed by atoms with Crippen LogP contribution in [0.25, 0.3) is 0 Å². The maximum Gasteiger partial charge on any atom is 0.134 e.